The Bertz CT molecular complexity index is 616. The average Bonchev–Trinajstić information content (AvgIpc) is 3.01. The van der Waals surface area contributed by atoms with Gasteiger partial charge in [0.1, 0.15) is 16.5 Å². The Morgan fingerprint density at radius 3 is 3.10 bits per heavy atom. The van der Waals surface area contributed by atoms with E-state index in [-0.39, 0.29) is 5.91 Å². The zero-order valence-corrected chi connectivity index (χ0v) is 12.1. The number of nitrogens with zero attached hydrogens (tertiary/aromatic N) is 3. The van der Waals surface area contributed by atoms with Crippen molar-refractivity contribution in [3.8, 4) is 0 Å². The summed E-state index contributed by atoms with van der Waals surface area (Å²) in [4.78, 5) is 16.3. The van der Waals surface area contributed by atoms with E-state index >= 15 is 0 Å². The Morgan fingerprint density at radius 1 is 1.65 bits per heavy atom. The van der Waals surface area contributed by atoms with Crippen LogP contribution < -0.4 is 11.1 Å². The third-order valence-electron chi connectivity index (χ3n) is 3.56. The summed E-state index contributed by atoms with van der Waals surface area (Å²) in [6.07, 6.45) is 4.18. The maximum absolute atomic E-state index is 12.2. The maximum atomic E-state index is 12.2. The summed E-state index contributed by atoms with van der Waals surface area (Å²) in [6, 6.07) is 2.13. The van der Waals surface area contributed by atoms with Gasteiger partial charge < -0.3 is 11.1 Å². The number of anilines is 1. The number of nitrogens with two attached hydrogens (primary N) is 1. The standard InChI is InChI=1S/C13H17N5OS/c1-8(9-2-3-9)18-11(4-5-15-18)17-13(19)10-7-20-12(6-14)16-10/h4-5,7-9H,2-3,6,14H2,1H3,(H,17,19). The highest BCUT2D eigenvalue weighted by molar-refractivity contribution is 7.09. The van der Waals surface area contributed by atoms with Crippen molar-refractivity contribution in [2.24, 2.45) is 11.7 Å². The topological polar surface area (TPSA) is 85.8 Å². The van der Waals surface area contributed by atoms with E-state index in [0.717, 1.165) is 10.8 Å². The number of thiazole rings is 1. The number of amides is 1. The fourth-order valence-electron chi connectivity index (χ4n) is 2.21. The van der Waals surface area contributed by atoms with Gasteiger partial charge in [-0.25, -0.2) is 9.67 Å². The van der Waals surface area contributed by atoms with Crippen molar-refractivity contribution in [2.45, 2.75) is 32.4 Å². The molecule has 1 atom stereocenters. The van der Waals surface area contributed by atoms with Crippen molar-refractivity contribution in [3.63, 3.8) is 0 Å². The van der Waals surface area contributed by atoms with Crippen molar-refractivity contribution in [3.05, 3.63) is 28.3 Å². The summed E-state index contributed by atoms with van der Waals surface area (Å²) in [5.41, 5.74) is 5.91. The molecule has 106 valence electrons. The first-order valence-corrected chi connectivity index (χ1v) is 7.56. The molecule has 1 fully saturated rings. The molecule has 1 amide bonds. The normalized spacial score (nSPS) is 16.1. The summed E-state index contributed by atoms with van der Waals surface area (Å²) in [6.45, 7) is 2.49. The lowest BCUT2D eigenvalue weighted by atomic mass is 10.2. The fourth-order valence-corrected chi connectivity index (χ4v) is 2.86. The van der Waals surface area contributed by atoms with Crippen LogP contribution in [0.1, 0.15) is 41.3 Å². The molecular formula is C13H17N5OS. The van der Waals surface area contributed by atoms with Gasteiger partial charge in [0.25, 0.3) is 5.91 Å². The van der Waals surface area contributed by atoms with Gasteiger partial charge in [-0.2, -0.15) is 5.10 Å². The van der Waals surface area contributed by atoms with Crippen LogP contribution >= 0.6 is 11.3 Å². The lowest BCUT2D eigenvalue weighted by Crippen LogP contribution is -2.18. The molecule has 0 radical (unpaired) electrons. The van der Waals surface area contributed by atoms with Gasteiger partial charge in [-0.15, -0.1) is 11.3 Å². The van der Waals surface area contributed by atoms with Gasteiger partial charge in [0.15, 0.2) is 0 Å². The molecule has 2 heterocycles. The molecule has 7 heteroatoms. The molecule has 2 aromatic rings. The lowest BCUT2D eigenvalue weighted by molar-refractivity contribution is 0.102. The number of rotatable bonds is 5. The minimum atomic E-state index is -0.217. The van der Waals surface area contributed by atoms with Gasteiger partial charge in [0.2, 0.25) is 0 Å². The van der Waals surface area contributed by atoms with E-state index in [1.165, 1.54) is 24.2 Å². The molecule has 3 rings (SSSR count). The SMILES string of the molecule is CC(C1CC1)n1nccc1NC(=O)c1csc(CN)n1. The summed E-state index contributed by atoms with van der Waals surface area (Å²) >= 11 is 1.40. The predicted octanol–water partition coefficient (Wildman–Crippen LogP) is 2.02. The molecule has 2 aromatic heterocycles. The minimum absolute atomic E-state index is 0.217. The van der Waals surface area contributed by atoms with Crippen molar-refractivity contribution in [1.82, 2.24) is 14.8 Å². The number of carbonyl (C=O) groups excluding carboxylic acids is 1. The van der Waals surface area contributed by atoms with Crippen molar-refractivity contribution in [1.29, 1.82) is 0 Å². The first-order valence-electron chi connectivity index (χ1n) is 6.68. The van der Waals surface area contributed by atoms with Crippen LogP contribution in [-0.2, 0) is 6.54 Å². The second kappa shape index (κ2) is 5.34. The molecular weight excluding hydrogens is 274 g/mol. The van der Waals surface area contributed by atoms with E-state index in [9.17, 15) is 4.79 Å². The van der Waals surface area contributed by atoms with Gasteiger partial charge in [0.05, 0.1) is 12.2 Å². The van der Waals surface area contributed by atoms with E-state index in [1.807, 2.05) is 10.7 Å². The van der Waals surface area contributed by atoms with Gasteiger partial charge in [-0.05, 0) is 25.7 Å². The molecule has 20 heavy (non-hydrogen) atoms. The van der Waals surface area contributed by atoms with Crippen LogP contribution in [0.3, 0.4) is 0 Å². The number of hydrogen-bond donors (Lipinski definition) is 2. The van der Waals surface area contributed by atoms with Crippen LogP contribution in [0.5, 0.6) is 0 Å². The van der Waals surface area contributed by atoms with Crippen molar-refractivity contribution < 1.29 is 4.79 Å². The van der Waals surface area contributed by atoms with Gasteiger partial charge >= 0.3 is 0 Å². The van der Waals surface area contributed by atoms with Crippen LogP contribution in [0.25, 0.3) is 0 Å². The van der Waals surface area contributed by atoms with Gasteiger partial charge in [-0.3, -0.25) is 4.79 Å². The Morgan fingerprint density at radius 2 is 2.45 bits per heavy atom. The molecule has 1 aliphatic carbocycles. The zero-order chi connectivity index (χ0) is 14.1. The smallest absolute Gasteiger partial charge is 0.276 e. The molecule has 3 N–H and O–H groups in total. The molecule has 1 saturated carbocycles. The van der Waals surface area contributed by atoms with Crippen LogP contribution in [0.4, 0.5) is 5.82 Å². The predicted molar refractivity (Wildman–Crippen MR) is 77.6 cm³/mol. The second-order valence-electron chi connectivity index (χ2n) is 5.02. The quantitative estimate of drug-likeness (QED) is 0.882. The van der Waals surface area contributed by atoms with E-state index in [1.54, 1.807) is 11.6 Å². The molecule has 0 bridgehead atoms. The third kappa shape index (κ3) is 2.59. The first-order chi connectivity index (χ1) is 9.69. The number of carbonyl (C=O) groups is 1. The summed E-state index contributed by atoms with van der Waals surface area (Å²) in [7, 11) is 0. The van der Waals surface area contributed by atoms with Gasteiger partial charge in [0, 0.05) is 18.0 Å². The van der Waals surface area contributed by atoms with Crippen LogP contribution in [0, 0.1) is 5.92 Å². The van der Waals surface area contributed by atoms with E-state index < -0.39 is 0 Å². The summed E-state index contributed by atoms with van der Waals surface area (Å²) < 4.78 is 1.88. The number of aromatic nitrogens is 3. The summed E-state index contributed by atoms with van der Waals surface area (Å²) in [5.74, 6) is 1.18. The lowest BCUT2D eigenvalue weighted by Gasteiger charge is -2.14. The molecule has 1 unspecified atom stereocenters. The van der Waals surface area contributed by atoms with Crippen LogP contribution in [-0.4, -0.2) is 20.7 Å². The third-order valence-corrected chi connectivity index (χ3v) is 4.43. The zero-order valence-electron chi connectivity index (χ0n) is 11.2. The Hall–Kier alpha value is -1.73. The van der Waals surface area contributed by atoms with Crippen LogP contribution in [0.2, 0.25) is 0 Å². The van der Waals surface area contributed by atoms with E-state index in [4.69, 9.17) is 5.73 Å². The average molecular weight is 291 g/mol. The monoisotopic (exact) mass is 291 g/mol. The second-order valence-corrected chi connectivity index (χ2v) is 5.97. The summed E-state index contributed by atoms with van der Waals surface area (Å²) in [5, 5.41) is 9.67. The highest BCUT2D eigenvalue weighted by Crippen LogP contribution is 2.40. The molecule has 0 aliphatic heterocycles. The van der Waals surface area contributed by atoms with Gasteiger partial charge in [-0.1, -0.05) is 0 Å². The largest absolute Gasteiger partial charge is 0.325 e. The van der Waals surface area contributed by atoms with Crippen LogP contribution in [0.15, 0.2) is 17.6 Å². The fraction of sp³-hybridized carbons (Fsp3) is 0.462. The Labute approximate surface area is 121 Å². The number of nitrogens with one attached hydrogen (secondary N) is 1. The maximum Gasteiger partial charge on any atom is 0.276 e. The molecule has 1 aliphatic rings. The first kappa shape index (κ1) is 13.3. The highest BCUT2D eigenvalue weighted by Gasteiger charge is 2.30. The highest BCUT2D eigenvalue weighted by atomic mass is 32.1. The van der Waals surface area contributed by atoms with Crippen molar-refractivity contribution >= 4 is 23.1 Å². The molecule has 0 spiro atoms. The minimum Gasteiger partial charge on any atom is -0.325 e. The molecule has 6 nitrogen and oxygen atoms in total. The molecule has 0 saturated heterocycles. The van der Waals surface area contributed by atoms with Crippen molar-refractivity contribution in [2.75, 3.05) is 5.32 Å². The van der Waals surface area contributed by atoms with E-state index in [0.29, 0.717) is 24.2 Å². The Balaban J connectivity index is 1.74. The molecule has 0 aromatic carbocycles. The number of hydrogen-bond acceptors (Lipinski definition) is 5. The Kier molecular flexibility index (Phi) is 3.54. The van der Waals surface area contributed by atoms with E-state index in [2.05, 4.69) is 22.3 Å².